The summed E-state index contributed by atoms with van der Waals surface area (Å²) in [5.41, 5.74) is 5.24. The summed E-state index contributed by atoms with van der Waals surface area (Å²) in [5, 5.41) is 10.8. The van der Waals surface area contributed by atoms with E-state index in [2.05, 4.69) is 12.1 Å². The lowest BCUT2D eigenvalue weighted by molar-refractivity contribution is -0.138. The number of carboxylic acid groups (broad SMARTS) is 1. The highest BCUT2D eigenvalue weighted by Gasteiger charge is 2.28. The Kier molecular flexibility index (Phi) is 3.65. The fourth-order valence-electron chi connectivity index (χ4n) is 3.81. The van der Waals surface area contributed by atoms with E-state index in [9.17, 15) is 9.90 Å². The Balaban J connectivity index is 2.14. The average Bonchev–Trinajstić information content (AvgIpc) is 3.14. The molecule has 3 aromatic rings. The second-order valence-corrected chi connectivity index (χ2v) is 7.53. The maximum absolute atomic E-state index is 11.7. The number of aryl methyl sites for hydroxylation is 3. The van der Waals surface area contributed by atoms with E-state index in [1.165, 1.54) is 22.2 Å². The summed E-state index contributed by atoms with van der Waals surface area (Å²) in [6, 6.07) is 10.2. The summed E-state index contributed by atoms with van der Waals surface area (Å²) in [4.78, 5) is 19.0. The molecule has 1 aliphatic rings. The van der Waals surface area contributed by atoms with Crippen LogP contribution in [0.25, 0.3) is 21.3 Å². The van der Waals surface area contributed by atoms with E-state index in [1.54, 1.807) is 18.3 Å². The number of hydrogen-bond acceptors (Lipinski definition) is 3. The van der Waals surface area contributed by atoms with Crippen molar-refractivity contribution in [1.82, 2.24) is 4.98 Å². The highest BCUT2D eigenvalue weighted by molar-refractivity contribution is 7.19. The van der Waals surface area contributed by atoms with Crippen molar-refractivity contribution in [2.45, 2.75) is 39.0 Å². The van der Waals surface area contributed by atoms with E-state index in [-0.39, 0.29) is 0 Å². The molecule has 1 aliphatic carbocycles. The van der Waals surface area contributed by atoms with Crippen LogP contribution >= 0.6 is 11.3 Å². The standard InChI is InChI=1S/C20H19NO2S/c1-11(20(22)23)16-12(2)21-19-18(14-9-6-10-15(14)24-19)17(16)13-7-4-3-5-8-13/h3-5,7-8,11H,6,9-10H2,1-2H3,(H,22,23). The molecule has 0 aliphatic heterocycles. The fraction of sp³-hybridized carbons (Fsp3) is 0.300. The van der Waals surface area contributed by atoms with Crippen LogP contribution in [0.2, 0.25) is 0 Å². The highest BCUT2D eigenvalue weighted by Crippen LogP contribution is 2.45. The van der Waals surface area contributed by atoms with Crippen molar-refractivity contribution in [1.29, 1.82) is 0 Å². The van der Waals surface area contributed by atoms with Crippen LogP contribution in [0.5, 0.6) is 0 Å². The van der Waals surface area contributed by atoms with Crippen molar-refractivity contribution in [3.05, 3.63) is 52.0 Å². The maximum atomic E-state index is 11.7. The van der Waals surface area contributed by atoms with Crippen molar-refractivity contribution in [3.63, 3.8) is 0 Å². The topological polar surface area (TPSA) is 50.2 Å². The Morgan fingerprint density at radius 2 is 2.00 bits per heavy atom. The average molecular weight is 337 g/mol. The van der Waals surface area contributed by atoms with E-state index in [1.807, 2.05) is 25.1 Å². The molecule has 0 bridgehead atoms. The largest absolute Gasteiger partial charge is 0.481 e. The third kappa shape index (κ3) is 2.25. The van der Waals surface area contributed by atoms with Gasteiger partial charge in [-0.2, -0.15) is 0 Å². The van der Waals surface area contributed by atoms with Crippen LogP contribution in [-0.2, 0) is 17.6 Å². The number of carbonyl (C=O) groups is 1. The van der Waals surface area contributed by atoms with E-state index in [4.69, 9.17) is 4.98 Å². The predicted octanol–water partition coefficient (Wildman–Crippen LogP) is 4.95. The van der Waals surface area contributed by atoms with Gasteiger partial charge < -0.3 is 5.11 Å². The smallest absolute Gasteiger partial charge is 0.310 e. The Labute approximate surface area is 145 Å². The van der Waals surface area contributed by atoms with E-state index in [0.717, 1.165) is 40.1 Å². The number of thiophene rings is 1. The van der Waals surface area contributed by atoms with Crippen LogP contribution in [0.3, 0.4) is 0 Å². The van der Waals surface area contributed by atoms with Crippen LogP contribution in [0, 0.1) is 6.92 Å². The molecule has 0 saturated heterocycles. The van der Waals surface area contributed by atoms with Crippen molar-refractivity contribution in [3.8, 4) is 11.1 Å². The van der Waals surface area contributed by atoms with Gasteiger partial charge in [0.05, 0.1) is 5.92 Å². The molecule has 2 heterocycles. The first-order valence-corrected chi connectivity index (χ1v) is 9.12. The summed E-state index contributed by atoms with van der Waals surface area (Å²) < 4.78 is 0. The van der Waals surface area contributed by atoms with Crippen molar-refractivity contribution < 1.29 is 9.90 Å². The molecule has 0 amide bonds. The minimum atomic E-state index is -0.802. The molecular formula is C20H19NO2S. The van der Waals surface area contributed by atoms with Gasteiger partial charge in [0.1, 0.15) is 4.83 Å². The summed E-state index contributed by atoms with van der Waals surface area (Å²) in [5.74, 6) is -1.38. The van der Waals surface area contributed by atoms with Crippen molar-refractivity contribution >= 4 is 27.5 Å². The van der Waals surface area contributed by atoms with Crippen LogP contribution in [0.1, 0.15) is 41.0 Å². The lowest BCUT2D eigenvalue weighted by atomic mass is 9.87. The number of rotatable bonds is 3. The summed E-state index contributed by atoms with van der Waals surface area (Å²) >= 11 is 1.78. The zero-order chi connectivity index (χ0) is 16.8. The molecule has 122 valence electrons. The third-order valence-corrected chi connectivity index (χ3v) is 6.13. The number of aliphatic carboxylic acids is 1. The molecule has 1 unspecified atom stereocenters. The fourth-order valence-corrected chi connectivity index (χ4v) is 5.13. The zero-order valence-electron chi connectivity index (χ0n) is 13.8. The monoisotopic (exact) mass is 337 g/mol. The minimum absolute atomic E-state index is 0.575. The molecule has 2 aromatic heterocycles. The van der Waals surface area contributed by atoms with Gasteiger partial charge in [-0.1, -0.05) is 30.3 Å². The maximum Gasteiger partial charge on any atom is 0.310 e. The molecule has 3 nitrogen and oxygen atoms in total. The van der Waals surface area contributed by atoms with Crippen molar-refractivity contribution in [2.75, 3.05) is 0 Å². The molecular weight excluding hydrogens is 318 g/mol. The van der Waals surface area contributed by atoms with Gasteiger partial charge in [-0.3, -0.25) is 4.79 Å². The lowest BCUT2D eigenvalue weighted by Gasteiger charge is -2.18. The van der Waals surface area contributed by atoms with Gasteiger partial charge in [0.25, 0.3) is 0 Å². The predicted molar refractivity (Wildman–Crippen MR) is 97.9 cm³/mol. The molecule has 24 heavy (non-hydrogen) atoms. The van der Waals surface area contributed by atoms with Crippen LogP contribution in [0.4, 0.5) is 0 Å². The SMILES string of the molecule is Cc1nc2sc3c(c2c(-c2ccccc2)c1C(C)C(=O)O)CCC3. The lowest BCUT2D eigenvalue weighted by Crippen LogP contribution is -2.12. The zero-order valence-corrected chi connectivity index (χ0v) is 14.6. The molecule has 0 radical (unpaired) electrons. The van der Waals surface area contributed by atoms with Crippen molar-refractivity contribution in [2.24, 2.45) is 0 Å². The van der Waals surface area contributed by atoms with Crippen LogP contribution in [-0.4, -0.2) is 16.1 Å². The summed E-state index contributed by atoms with van der Waals surface area (Å²) in [6.07, 6.45) is 3.37. The quantitative estimate of drug-likeness (QED) is 0.736. The Morgan fingerprint density at radius 3 is 2.71 bits per heavy atom. The number of fused-ring (bicyclic) bond motifs is 3. The van der Waals surface area contributed by atoms with Gasteiger partial charge in [0.2, 0.25) is 0 Å². The van der Waals surface area contributed by atoms with Gasteiger partial charge in [-0.15, -0.1) is 11.3 Å². The molecule has 0 fully saturated rings. The van der Waals surface area contributed by atoms with Crippen LogP contribution < -0.4 is 0 Å². The van der Waals surface area contributed by atoms with E-state index >= 15 is 0 Å². The summed E-state index contributed by atoms with van der Waals surface area (Å²) in [7, 11) is 0. The van der Waals surface area contributed by atoms with Gasteiger partial charge in [-0.25, -0.2) is 4.98 Å². The van der Waals surface area contributed by atoms with Crippen LogP contribution in [0.15, 0.2) is 30.3 Å². The molecule has 4 heteroatoms. The first-order chi connectivity index (χ1) is 11.6. The second-order valence-electron chi connectivity index (χ2n) is 6.45. The Morgan fingerprint density at radius 1 is 1.25 bits per heavy atom. The van der Waals surface area contributed by atoms with Gasteiger partial charge in [0.15, 0.2) is 0 Å². The highest BCUT2D eigenvalue weighted by atomic mass is 32.1. The number of aromatic nitrogens is 1. The number of benzene rings is 1. The number of pyridine rings is 1. The number of carboxylic acids is 1. The minimum Gasteiger partial charge on any atom is -0.481 e. The normalized spacial score (nSPS) is 14.8. The molecule has 1 aromatic carbocycles. The van der Waals surface area contributed by atoms with E-state index in [0.29, 0.717) is 0 Å². The Bertz CT molecular complexity index is 943. The molecule has 4 rings (SSSR count). The third-order valence-electron chi connectivity index (χ3n) is 4.95. The van der Waals surface area contributed by atoms with Gasteiger partial charge in [-0.05, 0) is 55.4 Å². The molecule has 0 saturated carbocycles. The molecule has 1 N–H and O–H groups in total. The first-order valence-electron chi connectivity index (χ1n) is 8.31. The number of nitrogens with zero attached hydrogens (tertiary/aromatic N) is 1. The van der Waals surface area contributed by atoms with E-state index < -0.39 is 11.9 Å². The van der Waals surface area contributed by atoms with Gasteiger partial charge >= 0.3 is 5.97 Å². The second kappa shape index (κ2) is 5.71. The Hall–Kier alpha value is -2.20. The van der Waals surface area contributed by atoms with Gasteiger partial charge in [0, 0.05) is 16.0 Å². The first kappa shape index (κ1) is 15.3. The summed E-state index contributed by atoms with van der Waals surface area (Å²) in [6.45, 7) is 3.70. The molecule has 0 spiro atoms. The molecule has 1 atom stereocenters. The number of hydrogen-bond donors (Lipinski definition) is 1.